The van der Waals surface area contributed by atoms with Crippen molar-refractivity contribution in [1.29, 1.82) is 5.26 Å². The van der Waals surface area contributed by atoms with Gasteiger partial charge in [-0.05, 0) is 48.9 Å². The number of hydrogen-bond acceptors (Lipinski definition) is 2. The van der Waals surface area contributed by atoms with E-state index < -0.39 is 0 Å². The number of nitrogens with zero attached hydrogens (tertiary/aromatic N) is 1. The monoisotopic (exact) mass is 256 g/mol. The summed E-state index contributed by atoms with van der Waals surface area (Å²) in [5.74, 6) is 0. The molecule has 1 aromatic carbocycles. The smallest absolute Gasteiger partial charge is 0.0769 e. The Morgan fingerprint density at radius 1 is 1.32 bits per heavy atom. The Morgan fingerprint density at radius 3 is 2.32 bits per heavy atom. The molecule has 1 saturated carbocycles. The van der Waals surface area contributed by atoms with Gasteiger partial charge in [0, 0.05) is 0 Å². The highest BCUT2D eigenvalue weighted by molar-refractivity contribution is 5.39. The molecule has 0 aliphatic heterocycles. The molecule has 1 aromatic rings. The predicted octanol–water partition coefficient (Wildman–Crippen LogP) is 3.86. The maximum absolute atomic E-state index is 9.40. The average Bonchev–Trinajstić information content (AvgIpc) is 3.12. The molecule has 1 atom stereocenters. The lowest BCUT2D eigenvalue weighted by Gasteiger charge is -2.26. The van der Waals surface area contributed by atoms with Crippen LogP contribution in [0.5, 0.6) is 0 Å². The molecule has 0 spiro atoms. The Labute approximate surface area is 116 Å². The van der Waals surface area contributed by atoms with Gasteiger partial charge in [0.1, 0.15) is 0 Å². The lowest BCUT2D eigenvalue weighted by atomic mass is 9.82. The highest BCUT2D eigenvalue weighted by atomic mass is 14.9. The van der Waals surface area contributed by atoms with Crippen LogP contribution >= 0.6 is 0 Å². The lowest BCUT2D eigenvalue weighted by Crippen LogP contribution is -2.26. The van der Waals surface area contributed by atoms with Crippen molar-refractivity contribution in [2.75, 3.05) is 7.05 Å². The molecule has 1 unspecified atom stereocenters. The normalized spacial score (nSPS) is 18.7. The zero-order chi connectivity index (χ0) is 14.3. The molecular formula is C17H24N2. The molecule has 2 nitrogen and oxygen atoms in total. The van der Waals surface area contributed by atoms with Crippen LogP contribution in [-0.2, 0) is 5.41 Å². The molecule has 0 amide bonds. The molecule has 1 N–H and O–H groups in total. The SMILES string of the molecule is CNC(c1ccc(C(C)(C)C)cc1C)C1(C#N)CC1. The van der Waals surface area contributed by atoms with Gasteiger partial charge < -0.3 is 5.32 Å². The minimum absolute atomic E-state index is 0.159. The summed E-state index contributed by atoms with van der Waals surface area (Å²) in [5.41, 5.74) is 3.90. The highest BCUT2D eigenvalue weighted by Crippen LogP contribution is 2.54. The Morgan fingerprint density at radius 2 is 1.95 bits per heavy atom. The van der Waals surface area contributed by atoms with Gasteiger partial charge in [-0.25, -0.2) is 0 Å². The Balaban J connectivity index is 2.39. The van der Waals surface area contributed by atoms with Crippen LogP contribution in [0.1, 0.15) is 56.3 Å². The van der Waals surface area contributed by atoms with Gasteiger partial charge in [-0.15, -0.1) is 0 Å². The van der Waals surface area contributed by atoms with Crippen molar-refractivity contribution >= 4 is 0 Å². The van der Waals surface area contributed by atoms with Crippen molar-refractivity contribution in [3.8, 4) is 6.07 Å². The van der Waals surface area contributed by atoms with E-state index in [0.717, 1.165) is 12.8 Å². The first-order valence-corrected chi connectivity index (χ1v) is 7.03. The van der Waals surface area contributed by atoms with E-state index in [0.29, 0.717) is 0 Å². The molecule has 2 heteroatoms. The van der Waals surface area contributed by atoms with Crippen molar-refractivity contribution in [2.24, 2.45) is 5.41 Å². The minimum atomic E-state index is -0.178. The fourth-order valence-electron chi connectivity index (χ4n) is 2.80. The van der Waals surface area contributed by atoms with E-state index in [-0.39, 0.29) is 16.9 Å². The zero-order valence-corrected chi connectivity index (χ0v) is 12.7. The van der Waals surface area contributed by atoms with Gasteiger partial charge in [0.05, 0.1) is 17.5 Å². The summed E-state index contributed by atoms with van der Waals surface area (Å²) in [7, 11) is 1.96. The Hall–Kier alpha value is -1.33. The summed E-state index contributed by atoms with van der Waals surface area (Å²) in [4.78, 5) is 0. The van der Waals surface area contributed by atoms with E-state index >= 15 is 0 Å². The largest absolute Gasteiger partial charge is 0.312 e. The van der Waals surface area contributed by atoms with E-state index in [9.17, 15) is 5.26 Å². The third kappa shape index (κ3) is 2.53. The first kappa shape index (κ1) is 14.1. The van der Waals surface area contributed by atoms with Gasteiger partial charge in [0.2, 0.25) is 0 Å². The number of nitriles is 1. The van der Waals surface area contributed by atoms with E-state index in [2.05, 4.69) is 57.3 Å². The molecule has 0 saturated heterocycles. The molecule has 0 aromatic heterocycles. The van der Waals surface area contributed by atoms with Crippen molar-refractivity contribution in [3.63, 3.8) is 0 Å². The third-order valence-electron chi connectivity index (χ3n) is 4.30. The summed E-state index contributed by atoms with van der Waals surface area (Å²) >= 11 is 0. The fourth-order valence-corrected chi connectivity index (χ4v) is 2.80. The molecule has 0 bridgehead atoms. The second kappa shape index (κ2) is 4.65. The summed E-state index contributed by atoms with van der Waals surface area (Å²) in [6.07, 6.45) is 2.02. The van der Waals surface area contributed by atoms with Gasteiger partial charge in [0.15, 0.2) is 0 Å². The van der Waals surface area contributed by atoms with Crippen LogP contribution in [-0.4, -0.2) is 7.05 Å². The third-order valence-corrected chi connectivity index (χ3v) is 4.30. The standard InChI is InChI=1S/C17H24N2/c1-12-10-13(16(2,3)4)6-7-14(12)15(19-5)17(11-18)8-9-17/h6-7,10,15,19H,8-9H2,1-5H3. The van der Waals surface area contributed by atoms with Crippen molar-refractivity contribution in [1.82, 2.24) is 5.32 Å². The van der Waals surface area contributed by atoms with Gasteiger partial charge in [0.25, 0.3) is 0 Å². The second-order valence-corrected chi connectivity index (χ2v) is 6.81. The molecule has 0 radical (unpaired) electrons. The average molecular weight is 256 g/mol. The maximum Gasteiger partial charge on any atom is 0.0769 e. The summed E-state index contributed by atoms with van der Waals surface area (Å²) in [6, 6.07) is 9.35. The molecule has 19 heavy (non-hydrogen) atoms. The van der Waals surface area contributed by atoms with Gasteiger partial charge in [-0.3, -0.25) is 0 Å². The Kier molecular flexibility index (Phi) is 3.45. The molecule has 0 heterocycles. The van der Waals surface area contributed by atoms with E-state index in [4.69, 9.17) is 0 Å². The molecule has 1 fully saturated rings. The van der Waals surface area contributed by atoms with Gasteiger partial charge in [-0.2, -0.15) is 5.26 Å². The quantitative estimate of drug-likeness (QED) is 0.891. The van der Waals surface area contributed by atoms with Crippen LogP contribution < -0.4 is 5.32 Å². The van der Waals surface area contributed by atoms with Crippen molar-refractivity contribution in [2.45, 2.75) is 52.0 Å². The highest BCUT2D eigenvalue weighted by Gasteiger charge is 2.50. The maximum atomic E-state index is 9.40. The molecule has 102 valence electrons. The summed E-state index contributed by atoms with van der Waals surface area (Å²) in [6.45, 7) is 8.85. The number of aryl methyl sites for hydroxylation is 1. The van der Waals surface area contributed by atoms with Crippen LogP contribution in [0.15, 0.2) is 18.2 Å². The van der Waals surface area contributed by atoms with Crippen LogP contribution in [0.4, 0.5) is 0 Å². The molecule has 1 aliphatic rings. The van der Waals surface area contributed by atoms with E-state index in [1.807, 2.05) is 7.05 Å². The number of nitrogens with one attached hydrogen (secondary N) is 1. The molecule has 2 rings (SSSR count). The zero-order valence-electron chi connectivity index (χ0n) is 12.7. The van der Waals surface area contributed by atoms with Gasteiger partial charge in [-0.1, -0.05) is 39.0 Å². The first-order chi connectivity index (χ1) is 8.84. The summed E-state index contributed by atoms with van der Waals surface area (Å²) < 4.78 is 0. The fraction of sp³-hybridized carbons (Fsp3) is 0.588. The molecular weight excluding hydrogens is 232 g/mol. The van der Waals surface area contributed by atoms with Crippen molar-refractivity contribution < 1.29 is 0 Å². The van der Waals surface area contributed by atoms with Crippen LogP contribution in [0.2, 0.25) is 0 Å². The number of hydrogen-bond donors (Lipinski definition) is 1. The summed E-state index contributed by atoms with van der Waals surface area (Å²) in [5, 5.41) is 12.8. The van der Waals surface area contributed by atoms with Crippen LogP contribution in [0, 0.1) is 23.7 Å². The first-order valence-electron chi connectivity index (χ1n) is 7.03. The second-order valence-electron chi connectivity index (χ2n) is 6.81. The van der Waals surface area contributed by atoms with Crippen LogP contribution in [0.3, 0.4) is 0 Å². The lowest BCUT2D eigenvalue weighted by molar-refractivity contribution is 0.442. The van der Waals surface area contributed by atoms with E-state index in [1.54, 1.807) is 0 Å². The molecule has 1 aliphatic carbocycles. The van der Waals surface area contributed by atoms with Crippen LogP contribution in [0.25, 0.3) is 0 Å². The number of benzene rings is 1. The number of rotatable bonds is 3. The van der Waals surface area contributed by atoms with Gasteiger partial charge >= 0.3 is 0 Å². The van der Waals surface area contributed by atoms with Crippen molar-refractivity contribution in [3.05, 3.63) is 34.9 Å². The Bertz CT molecular complexity index is 513. The predicted molar refractivity (Wildman–Crippen MR) is 79.0 cm³/mol. The topological polar surface area (TPSA) is 35.8 Å². The van der Waals surface area contributed by atoms with E-state index in [1.165, 1.54) is 16.7 Å². The minimum Gasteiger partial charge on any atom is -0.312 e.